The molecule has 0 radical (unpaired) electrons. The molecule has 0 bridgehead atoms. The Morgan fingerprint density at radius 1 is 1.26 bits per heavy atom. The molecule has 19 heavy (non-hydrogen) atoms. The monoisotopic (exact) mass is 284 g/mol. The minimum absolute atomic E-state index is 0.0114. The Balaban J connectivity index is 3.07. The predicted octanol–water partition coefficient (Wildman–Crippen LogP) is 2.34. The van der Waals surface area contributed by atoms with Crippen LogP contribution in [0.25, 0.3) is 0 Å². The summed E-state index contributed by atoms with van der Waals surface area (Å²) in [7, 11) is 0. The average molecular weight is 284 g/mol. The van der Waals surface area contributed by atoms with Crippen LogP contribution in [-0.2, 0) is 4.74 Å². The van der Waals surface area contributed by atoms with Crippen LogP contribution in [-0.4, -0.2) is 24.0 Å². The summed E-state index contributed by atoms with van der Waals surface area (Å²) < 4.78 is 5.13. The van der Waals surface area contributed by atoms with Gasteiger partial charge in [-0.25, -0.2) is 4.79 Å². The van der Waals surface area contributed by atoms with E-state index in [2.05, 4.69) is 5.32 Å². The van der Waals surface area contributed by atoms with E-state index in [0.29, 0.717) is 21.0 Å². The quantitative estimate of drug-likeness (QED) is 0.831. The standard InChI is InChI=1S/C13H20N2O3S/c1-6(2)15-12(16)9-8(5)10(19-11(9)14)13(17)18-7(3)4/h6-7H,14H2,1-5H3,(H,15,16). The minimum Gasteiger partial charge on any atom is -0.459 e. The highest BCUT2D eigenvalue weighted by molar-refractivity contribution is 7.18. The summed E-state index contributed by atoms with van der Waals surface area (Å²) >= 11 is 1.09. The number of thiophene rings is 1. The molecule has 0 fully saturated rings. The maximum atomic E-state index is 12.0. The summed E-state index contributed by atoms with van der Waals surface area (Å²) in [6.07, 6.45) is -0.205. The molecule has 3 N–H and O–H groups in total. The van der Waals surface area contributed by atoms with Gasteiger partial charge in [-0.1, -0.05) is 0 Å². The van der Waals surface area contributed by atoms with E-state index >= 15 is 0 Å². The number of esters is 1. The number of nitrogens with two attached hydrogens (primary N) is 1. The fourth-order valence-corrected chi connectivity index (χ4v) is 2.57. The normalized spacial score (nSPS) is 10.9. The van der Waals surface area contributed by atoms with Crippen LogP contribution >= 0.6 is 11.3 Å². The molecular weight excluding hydrogens is 264 g/mol. The molecule has 6 heteroatoms. The molecule has 0 aliphatic rings. The predicted molar refractivity (Wildman–Crippen MR) is 76.6 cm³/mol. The molecular formula is C13H20N2O3S. The zero-order chi connectivity index (χ0) is 14.7. The molecule has 1 rings (SSSR count). The summed E-state index contributed by atoms with van der Waals surface area (Å²) in [5.74, 6) is -0.697. The first-order chi connectivity index (χ1) is 8.73. The van der Waals surface area contributed by atoms with Crippen molar-refractivity contribution in [1.82, 2.24) is 5.32 Å². The molecule has 1 aromatic heterocycles. The molecule has 106 valence electrons. The van der Waals surface area contributed by atoms with Crippen molar-refractivity contribution in [3.63, 3.8) is 0 Å². The van der Waals surface area contributed by atoms with Crippen LogP contribution in [0.1, 0.15) is 53.3 Å². The molecule has 5 nitrogen and oxygen atoms in total. The largest absolute Gasteiger partial charge is 0.459 e. The second-order valence-electron chi connectivity index (χ2n) is 4.88. The van der Waals surface area contributed by atoms with Crippen LogP contribution in [0.4, 0.5) is 5.00 Å². The number of amides is 1. The third kappa shape index (κ3) is 3.70. The summed E-state index contributed by atoms with van der Waals surface area (Å²) in [6, 6.07) is 0.0114. The fraction of sp³-hybridized carbons (Fsp3) is 0.538. The topological polar surface area (TPSA) is 81.4 Å². The Hall–Kier alpha value is -1.56. The highest BCUT2D eigenvalue weighted by Crippen LogP contribution is 2.31. The average Bonchev–Trinajstić information content (AvgIpc) is 2.52. The lowest BCUT2D eigenvalue weighted by Crippen LogP contribution is -2.30. The summed E-state index contributed by atoms with van der Waals surface area (Å²) in [5.41, 5.74) is 6.78. The van der Waals surface area contributed by atoms with Crippen molar-refractivity contribution in [1.29, 1.82) is 0 Å². The van der Waals surface area contributed by atoms with Crippen molar-refractivity contribution in [2.75, 3.05) is 5.73 Å². The molecule has 0 spiro atoms. The maximum absolute atomic E-state index is 12.0. The van der Waals surface area contributed by atoms with Crippen molar-refractivity contribution >= 4 is 28.2 Å². The number of carbonyl (C=O) groups excluding carboxylic acids is 2. The van der Waals surface area contributed by atoms with E-state index in [1.807, 2.05) is 13.8 Å². The van der Waals surface area contributed by atoms with Crippen molar-refractivity contribution in [3.05, 3.63) is 16.0 Å². The SMILES string of the molecule is Cc1c(C(=O)OC(C)C)sc(N)c1C(=O)NC(C)C. The van der Waals surface area contributed by atoms with Crippen LogP contribution in [0.5, 0.6) is 0 Å². The molecule has 0 saturated heterocycles. The molecule has 1 amide bonds. The number of hydrogen-bond acceptors (Lipinski definition) is 5. The number of anilines is 1. The van der Waals surface area contributed by atoms with Crippen molar-refractivity contribution in [2.45, 2.75) is 46.8 Å². The number of nitrogens with one attached hydrogen (secondary N) is 1. The lowest BCUT2D eigenvalue weighted by atomic mass is 10.1. The van der Waals surface area contributed by atoms with E-state index in [-0.39, 0.29) is 18.1 Å². The molecule has 1 aromatic rings. The van der Waals surface area contributed by atoms with Gasteiger partial charge in [0, 0.05) is 6.04 Å². The lowest BCUT2D eigenvalue weighted by molar-refractivity contribution is 0.0383. The Labute approximate surface area is 117 Å². The van der Waals surface area contributed by atoms with E-state index in [4.69, 9.17) is 10.5 Å². The molecule has 0 aromatic carbocycles. The Bertz CT molecular complexity index is 492. The van der Waals surface area contributed by atoms with Gasteiger partial charge in [-0.05, 0) is 40.2 Å². The van der Waals surface area contributed by atoms with Gasteiger partial charge < -0.3 is 15.8 Å². The van der Waals surface area contributed by atoms with Gasteiger partial charge in [0.2, 0.25) is 0 Å². The van der Waals surface area contributed by atoms with Crippen LogP contribution in [0.15, 0.2) is 0 Å². The summed E-state index contributed by atoms with van der Waals surface area (Å²) in [4.78, 5) is 24.3. The second kappa shape index (κ2) is 6.06. The first-order valence-corrected chi connectivity index (χ1v) is 6.96. The second-order valence-corrected chi connectivity index (χ2v) is 5.93. The van der Waals surface area contributed by atoms with Crippen molar-refractivity contribution in [3.8, 4) is 0 Å². The van der Waals surface area contributed by atoms with E-state index in [1.54, 1.807) is 20.8 Å². The molecule has 0 saturated carbocycles. The van der Waals surface area contributed by atoms with Gasteiger partial charge in [-0.15, -0.1) is 11.3 Å². The van der Waals surface area contributed by atoms with Crippen LogP contribution < -0.4 is 11.1 Å². The highest BCUT2D eigenvalue weighted by Gasteiger charge is 2.24. The van der Waals surface area contributed by atoms with Gasteiger partial charge in [0.1, 0.15) is 4.88 Å². The van der Waals surface area contributed by atoms with Crippen molar-refractivity contribution < 1.29 is 14.3 Å². The zero-order valence-corrected chi connectivity index (χ0v) is 12.7. The molecule has 0 atom stereocenters. The van der Waals surface area contributed by atoms with Gasteiger partial charge in [-0.2, -0.15) is 0 Å². The van der Waals surface area contributed by atoms with E-state index in [9.17, 15) is 9.59 Å². The van der Waals surface area contributed by atoms with Gasteiger partial charge in [-0.3, -0.25) is 4.79 Å². The van der Waals surface area contributed by atoms with E-state index in [1.165, 1.54) is 0 Å². The van der Waals surface area contributed by atoms with E-state index < -0.39 is 5.97 Å². The zero-order valence-electron chi connectivity index (χ0n) is 11.9. The Morgan fingerprint density at radius 2 is 1.84 bits per heavy atom. The highest BCUT2D eigenvalue weighted by atomic mass is 32.1. The first-order valence-electron chi connectivity index (χ1n) is 6.14. The summed E-state index contributed by atoms with van der Waals surface area (Å²) in [5, 5.41) is 3.11. The molecule has 0 aliphatic heterocycles. The lowest BCUT2D eigenvalue weighted by Gasteiger charge is -2.09. The van der Waals surface area contributed by atoms with E-state index in [0.717, 1.165) is 11.3 Å². The number of nitrogen functional groups attached to an aromatic ring is 1. The molecule has 0 aliphatic carbocycles. The smallest absolute Gasteiger partial charge is 0.348 e. The number of hydrogen-bond donors (Lipinski definition) is 2. The van der Waals surface area contributed by atoms with Crippen LogP contribution in [0.3, 0.4) is 0 Å². The summed E-state index contributed by atoms with van der Waals surface area (Å²) in [6.45, 7) is 8.99. The molecule has 0 unspecified atom stereocenters. The first kappa shape index (κ1) is 15.5. The Morgan fingerprint density at radius 3 is 2.32 bits per heavy atom. The minimum atomic E-state index is -0.437. The fourth-order valence-electron chi connectivity index (χ4n) is 1.61. The van der Waals surface area contributed by atoms with Gasteiger partial charge in [0.25, 0.3) is 5.91 Å². The van der Waals surface area contributed by atoms with Crippen LogP contribution in [0, 0.1) is 6.92 Å². The third-order valence-corrected chi connectivity index (χ3v) is 3.45. The van der Waals surface area contributed by atoms with Gasteiger partial charge in [0.05, 0.1) is 16.7 Å². The maximum Gasteiger partial charge on any atom is 0.348 e. The number of carbonyl (C=O) groups is 2. The van der Waals surface area contributed by atoms with Gasteiger partial charge >= 0.3 is 5.97 Å². The third-order valence-electron chi connectivity index (χ3n) is 2.35. The van der Waals surface area contributed by atoms with Gasteiger partial charge in [0.15, 0.2) is 0 Å². The number of ether oxygens (including phenoxy) is 1. The Kier molecular flexibility index (Phi) is 4.94. The van der Waals surface area contributed by atoms with Crippen LogP contribution in [0.2, 0.25) is 0 Å². The number of rotatable bonds is 4. The molecule has 1 heterocycles. The van der Waals surface area contributed by atoms with Crippen molar-refractivity contribution in [2.24, 2.45) is 0 Å².